The van der Waals surface area contributed by atoms with Crippen molar-refractivity contribution in [3.05, 3.63) is 22.8 Å². The normalized spacial score (nSPS) is 18.8. The molecule has 2 aromatic rings. The molecule has 16 heteroatoms. The third-order valence-corrected chi connectivity index (χ3v) is 16.4. The van der Waals surface area contributed by atoms with Gasteiger partial charge in [0.15, 0.2) is 24.8 Å². The number of carbonyl (C=O) groups is 2. The quantitative estimate of drug-likeness (QED) is 0.246. The molecule has 0 bridgehead atoms. The number of rotatable bonds is 13. The van der Waals surface area contributed by atoms with Gasteiger partial charge in [0.05, 0.1) is 22.9 Å². The van der Waals surface area contributed by atoms with Crippen LogP contribution in [0, 0.1) is 11.8 Å². The standard InChI is InChI=1S/C19H30N2O4S2.C16H26N2O5S/c1-19(2,27(23,24)13-14-8-10-25-11-9-14)17(22)21-18-20-16(12-26-18)15-6-4-3-5-7-15;1-4-5-13-10-14(23-18-13)17-15(19)16(2,3)24(20,21)11-12-6-8-22-9-7-12/h12,14-15H,3-11,13H2,1-2H3,(H,20,21,22);10,12H,4-9,11H2,1-3H3,(H,17,19). The minimum Gasteiger partial charge on any atom is -0.381 e. The van der Waals surface area contributed by atoms with Crippen LogP contribution in [-0.4, -0.2) is 86.2 Å². The third kappa shape index (κ3) is 11.1. The average Bonchev–Trinajstić information content (AvgIpc) is 3.75. The Kier molecular flexibility index (Phi) is 14.7. The molecule has 0 unspecified atom stereocenters. The van der Waals surface area contributed by atoms with Crippen molar-refractivity contribution in [2.75, 3.05) is 48.6 Å². The van der Waals surface area contributed by atoms with Gasteiger partial charge in [-0.15, -0.1) is 11.3 Å². The van der Waals surface area contributed by atoms with Gasteiger partial charge in [0.25, 0.3) is 0 Å². The molecule has 0 aromatic carbocycles. The first-order valence-electron chi connectivity index (χ1n) is 18.2. The van der Waals surface area contributed by atoms with Crippen molar-refractivity contribution < 1.29 is 40.4 Å². The number of hydrogen-bond acceptors (Lipinski definition) is 12. The Morgan fingerprint density at radius 1 is 0.804 bits per heavy atom. The Labute approximate surface area is 307 Å². The number of thiazole rings is 1. The van der Waals surface area contributed by atoms with Gasteiger partial charge >= 0.3 is 0 Å². The summed E-state index contributed by atoms with van der Waals surface area (Å²) in [7, 11) is -7.20. The Bertz CT molecular complexity index is 1650. The van der Waals surface area contributed by atoms with E-state index >= 15 is 0 Å². The Balaban J connectivity index is 0.000000230. The zero-order valence-electron chi connectivity index (χ0n) is 30.7. The molecule has 0 radical (unpaired) electrons. The van der Waals surface area contributed by atoms with Crippen LogP contribution in [0.4, 0.5) is 11.0 Å². The summed E-state index contributed by atoms with van der Waals surface area (Å²) >= 11 is 1.38. The lowest BCUT2D eigenvalue weighted by Gasteiger charge is -2.28. The van der Waals surface area contributed by atoms with Gasteiger partial charge in [-0.1, -0.05) is 37.8 Å². The number of nitrogens with zero attached hydrogens (tertiary/aromatic N) is 2. The highest BCUT2D eigenvalue weighted by Gasteiger charge is 2.44. The molecule has 3 aliphatic rings. The van der Waals surface area contributed by atoms with Gasteiger partial charge in [0, 0.05) is 43.8 Å². The van der Waals surface area contributed by atoms with Gasteiger partial charge < -0.3 is 19.3 Å². The van der Waals surface area contributed by atoms with Crippen LogP contribution in [0.3, 0.4) is 0 Å². The third-order valence-electron chi connectivity index (χ3n) is 10.3. The van der Waals surface area contributed by atoms with Gasteiger partial charge in [-0.2, -0.15) is 0 Å². The van der Waals surface area contributed by atoms with E-state index in [0.29, 0.717) is 50.3 Å². The van der Waals surface area contributed by atoms with Gasteiger partial charge in [0.2, 0.25) is 17.7 Å². The fraction of sp³-hybridized carbons (Fsp3) is 0.771. The number of carbonyl (C=O) groups excluding carboxylic acids is 2. The van der Waals surface area contributed by atoms with Crippen LogP contribution in [0.25, 0.3) is 0 Å². The topological polar surface area (TPSA) is 184 Å². The monoisotopic (exact) mass is 772 g/mol. The highest BCUT2D eigenvalue weighted by Crippen LogP contribution is 2.35. The molecule has 0 spiro atoms. The Morgan fingerprint density at radius 3 is 1.82 bits per heavy atom. The minimum absolute atomic E-state index is 0.00569. The lowest BCUT2D eigenvalue weighted by Crippen LogP contribution is -2.47. The smallest absolute Gasteiger partial charge is 0.247 e. The molecule has 4 heterocycles. The summed E-state index contributed by atoms with van der Waals surface area (Å²) in [6, 6.07) is 1.63. The van der Waals surface area contributed by atoms with Crippen LogP contribution in [0.5, 0.6) is 0 Å². The van der Waals surface area contributed by atoms with Gasteiger partial charge in [-0.3, -0.25) is 14.9 Å². The molecule has 2 amide bonds. The first-order valence-corrected chi connectivity index (χ1v) is 22.4. The molecule has 51 heavy (non-hydrogen) atoms. The predicted molar refractivity (Wildman–Crippen MR) is 199 cm³/mol. The molecule has 2 aromatic heterocycles. The zero-order valence-corrected chi connectivity index (χ0v) is 33.2. The van der Waals surface area contributed by atoms with E-state index in [9.17, 15) is 26.4 Å². The molecule has 3 fully saturated rings. The second kappa shape index (κ2) is 18.1. The fourth-order valence-corrected chi connectivity index (χ4v) is 10.5. The van der Waals surface area contributed by atoms with E-state index in [1.54, 1.807) is 6.07 Å². The number of amides is 2. The molecular weight excluding hydrogens is 717 g/mol. The van der Waals surface area contributed by atoms with Crippen LogP contribution in [-0.2, 0) is 45.2 Å². The zero-order chi connectivity index (χ0) is 37.3. The Morgan fingerprint density at radius 2 is 1.31 bits per heavy atom. The van der Waals surface area contributed by atoms with E-state index in [4.69, 9.17) is 14.0 Å². The maximum atomic E-state index is 12.9. The number of nitrogens with one attached hydrogen (secondary N) is 2. The van der Waals surface area contributed by atoms with Crippen molar-refractivity contribution in [2.24, 2.45) is 11.8 Å². The molecular formula is C35H56N4O9S3. The van der Waals surface area contributed by atoms with E-state index in [2.05, 4.69) is 20.8 Å². The molecule has 5 rings (SSSR count). The predicted octanol–water partition coefficient (Wildman–Crippen LogP) is 5.93. The van der Waals surface area contributed by atoms with E-state index in [1.807, 2.05) is 12.3 Å². The Hall–Kier alpha value is -2.40. The average molecular weight is 773 g/mol. The van der Waals surface area contributed by atoms with E-state index in [-0.39, 0.29) is 29.2 Å². The van der Waals surface area contributed by atoms with Gasteiger partial charge in [0.1, 0.15) is 9.49 Å². The second-order valence-electron chi connectivity index (χ2n) is 14.9. The molecule has 13 nitrogen and oxygen atoms in total. The molecule has 0 atom stereocenters. The van der Waals surface area contributed by atoms with Crippen molar-refractivity contribution in [2.45, 2.75) is 121 Å². The summed E-state index contributed by atoms with van der Waals surface area (Å²) in [4.78, 5) is 29.8. The first-order chi connectivity index (χ1) is 24.1. The number of anilines is 2. The van der Waals surface area contributed by atoms with Crippen LogP contribution < -0.4 is 10.6 Å². The summed E-state index contributed by atoms with van der Waals surface area (Å²) in [5.41, 5.74) is 1.76. The lowest BCUT2D eigenvalue weighted by atomic mass is 9.87. The van der Waals surface area contributed by atoms with Gasteiger partial charge in [-0.25, -0.2) is 21.8 Å². The highest BCUT2D eigenvalue weighted by molar-refractivity contribution is 7.93. The molecule has 2 saturated heterocycles. The highest BCUT2D eigenvalue weighted by atomic mass is 32.2. The van der Waals surface area contributed by atoms with E-state index < -0.39 is 41.0 Å². The molecule has 2 aliphatic heterocycles. The number of sulfone groups is 2. The number of ether oxygens (including phenoxy) is 2. The summed E-state index contributed by atoms with van der Waals surface area (Å²) in [5, 5.41) is 11.6. The summed E-state index contributed by atoms with van der Waals surface area (Å²) in [5.74, 6) is -0.335. The minimum atomic E-state index is -3.61. The van der Waals surface area contributed by atoms with Crippen molar-refractivity contribution in [1.82, 2.24) is 10.1 Å². The van der Waals surface area contributed by atoms with E-state index in [0.717, 1.165) is 49.9 Å². The van der Waals surface area contributed by atoms with Crippen LogP contribution in [0.1, 0.15) is 116 Å². The number of aryl methyl sites for hydroxylation is 1. The molecule has 2 N–H and O–H groups in total. The summed E-state index contributed by atoms with van der Waals surface area (Å²) < 4.78 is 63.8. The molecule has 288 valence electrons. The molecule has 1 saturated carbocycles. The summed E-state index contributed by atoms with van der Waals surface area (Å²) in [6.45, 7) is 10.2. The maximum absolute atomic E-state index is 12.9. The SMILES string of the molecule is CC(C)(C(=O)Nc1nc(C2CCCCC2)cs1)S(=O)(=O)CC1CCOCC1.CCCc1cc(NC(=O)C(C)(C)S(=O)(=O)CC2CCOCC2)on1. The van der Waals surface area contributed by atoms with Crippen molar-refractivity contribution in [3.8, 4) is 0 Å². The fourth-order valence-electron chi connectivity index (χ4n) is 6.33. The largest absolute Gasteiger partial charge is 0.381 e. The van der Waals surface area contributed by atoms with Crippen LogP contribution in [0.2, 0.25) is 0 Å². The van der Waals surface area contributed by atoms with Crippen molar-refractivity contribution in [3.63, 3.8) is 0 Å². The van der Waals surface area contributed by atoms with E-state index in [1.165, 1.54) is 58.3 Å². The summed E-state index contributed by atoms with van der Waals surface area (Å²) in [6.07, 6.45) is 10.5. The second-order valence-corrected chi connectivity index (χ2v) is 21.0. The van der Waals surface area contributed by atoms with Crippen LogP contribution in [0.15, 0.2) is 16.0 Å². The lowest BCUT2D eigenvalue weighted by molar-refractivity contribution is -0.118. The number of aromatic nitrogens is 2. The van der Waals surface area contributed by atoms with Crippen LogP contribution >= 0.6 is 11.3 Å². The first kappa shape index (κ1) is 41.4. The van der Waals surface area contributed by atoms with Crippen molar-refractivity contribution >= 4 is 53.8 Å². The molecule has 1 aliphatic carbocycles. The number of hydrogen-bond donors (Lipinski definition) is 2. The maximum Gasteiger partial charge on any atom is 0.247 e. The van der Waals surface area contributed by atoms with Gasteiger partial charge in [-0.05, 0) is 84.5 Å². The van der Waals surface area contributed by atoms with Crippen molar-refractivity contribution in [1.29, 1.82) is 0 Å².